The standard InChI is InChI=1S/C12H14BrN3O3/c1-8-7-14-2-3-15(8)12(17)9-4-10(13)6-11(5-9)16(18)19/h4-6,8,14H,2-3,7H2,1H3. The zero-order valence-corrected chi connectivity index (χ0v) is 12.0. The highest BCUT2D eigenvalue weighted by atomic mass is 79.9. The molecule has 1 amide bonds. The van der Waals surface area contributed by atoms with Crippen LogP contribution in [-0.4, -0.2) is 41.4 Å². The predicted octanol–water partition coefficient (Wildman–Crippen LogP) is 1.79. The molecule has 2 rings (SSSR count). The molecule has 19 heavy (non-hydrogen) atoms. The van der Waals surface area contributed by atoms with Crippen LogP contribution in [0.3, 0.4) is 0 Å². The Balaban J connectivity index is 2.30. The molecule has 102 valence electrons. The Bertz CT molecular complexity index is 521. The molecule has 1 atom stereocenters. The Kier molecular flexibility index (Phi) is 4.16. The van der Waals surface area contributed by atoms with Gasteiger partial charge in [-0.15, -0.1) is 0 Å². The fourth-order valence-electron chi connectivity index (χ4n) is 2.11. The van der Waals surface area contributed by atoms with Gasteiger partial charge in [0, 0.05) is 47.8 Å². The van der Waals surface area contributed by atoms with Crippen molar-refractivity contribution in [2.75, 3.05) is 19.6 Å². The van der Waals surface area contributed by atoms with Crippen LogP contribution in [0.25, 0.3) is 0 Å². The molecule has 1 aromatic carbocycles. The number of hydrogen-bond donors (Lipinski definition) is 1. The summed E-state index contributed by atoms with van der Waals surface area (Å²) in [5.74, 6) is -0.168. The molecule has 0 saturated carbocycles. The summed E-state index contributed by atoms with van der Waals surface area (Å²) in [6.45, 7) is 4.05. The molecule has 0 aliphatic carbocycles. The van der Waals surface area contributed by atoms with E-state index in [-0.39, 0.29) is 17.6 Å². The van der Waals surface area contributed by atoms with Crippen LogP contribution in [0.15, 0.2) is 22.7 Å². The number of nitro groups is 1. The second kappa shape index (κ2) is 5.66. The molecule has 1 aromatic rings. The number of non-ortho nitro benzene ring substituents is 1. The van der Waals surface area contributed by atoms with Gasteiger partial charge >= 0.3 is 0 Å². The summed E-state index contributed by atoms with van der Waals surface area (Å²) in [5, 5.41) is 14.0. The minimum Gasteiger partial charge on any atom is -0.333 e. The van der Waals surface area contributed by atoms with Gasteiger partial charge in [-0.1, -0.05) is 15.9 Å². The van der Waals surface area contributed by atoms with Crippen LogP contribution in [0.4, 0.5) is 5.69 Å². The largest absolute Gasteiger partial charge is 0.333 e. The topological polar surface area (TPSA) is 75.5 Å². The third kappa shape index (κ3) is 3.10. The molecule has 1 heterocycles. The summed E-state index contributed by atoms with van der Waals surface area (Å²) >= 11 is 3.20. The van der Waals surface area contributed by atoms with E-state index in [0.29, 0.717) is 16.6 Å². The van der Waals surface area contributed by atoms with Gasteiger partial charge in [-0.05, 0) is 13.0 Å². The molecule has 6 nitrogen and oxygen atoms in total. The lowest BCUT2D eigenvalue weighted by molar-refractivity contribution is -0.385. The zero-order chi connectivity index (χ0) is 14.0. The van der Waals surface area contributed by atoms with E-state index in [1.165, 1.54) is 12.1 Å². The van der Waals surface area contributed by atoms with Crippen molar-refractivity contribution < 1.29 is 9.72 Å². The molecule has 0 radical (unpaired) electrons. The molecule has 0 bridgehead atoms. The molecule has 0 aromatic heterocycles. The molecule has 1 aliphatic heterocycles. The van der Waals surface area contributed by atoms with Crippen molar-refractivity contribution in [1.82, 2.24) is 10.2 Å². The van der Waals surface area contributed by atoms with Gasteiger partial charge in [0.25, 0.3) is 11.6 Å². The van der Waals surface area contributed by atoms with Gasteiger partial charge in [-0.25, -0.2) is 0 Å². The van der Waals surface area contributed by atoms with Gasteiger partial charge in [0.05, 0.1) is 4.92 Å². The molecule has 0 spiro atoms. The van der Waals surface area contributed by atoms with E-state index >= 15 is 0 Å². The maximum Gasteiger partial charge on any atom is 0.271 e. The first-order chi connectivity index (χ1) is 8.99. The molecular formula is C12H14BrN3O3. The Labute approximate surface area is 119 Å². The maximum absolute atomic E-state index is 12.4. The van der Waals surface area contributed by atoms with Gasteiger partial charge in [-0.2, -0.15) is 0 Å². The highest BCUT2D eigenvalue weighted by molar-refractivity contribution is 9.10. The quantitative estimate of drug-likeness (QED) is 0.663. The van der Waals surface area contributed by atoms with Crippen LogP contribution in [-0.2, 0) is 0 Å². The highest BCUT2D eigenvalue weighted by Gasteiger charge is 2.25. The number of carbonyl (C=O) groups excluding carboxylic acids is 1. The zero-order valence-electron chi connectivity index (χ0n) is 10.4. The summed E-state index contributed by atoms with van der Waals surface area (Å²) in [7, 11) is 0. The number of nitrogens with one attached hydrogen (secondary N) is 1. The summed E-state index contributed by atoms with van der Waals surface area (Å²) in [6, 6.07) is 4.41. The number of amides is 1. The number of rotatable bonds is 2. The molecule has 1 aliphatic rings. The first kappa shape index (κ1) is 14.0. The average Bonchev–Trinajstić information content (AvgIpc) is 2.37. The number of benzene rings is 1. The van der Waals surface area contributed by atoms with Crippen LogP contribution >= 0.6 is 15.9 Å². The number of piperazine rings is 1. The molecule has 1 saturated heterocycles. The van der Waals surface area contributed by atoms with Crippen molar-refractivity contribution in [1.29, 1.82) is 0 Å². The van der Waals surface area contributed by atoms with Crippen LogP contribution in [0.2, 0.25) is 0 Å². The van der Waals surface area contributed by atoms with Crippen molar-refractivity contribution in [3.63, 3.8) is 0 Å². The van der Waals surface area contributed by atoms with E-state index < -0.39 is 4.92 Å². The van der Waals surface area contributed by atoms with E-state index in [4.69, 9.17) is 0 Å². The fraction of sp³-hybridized carbons (Fsp3) is 0.417. The SMILES string of the molecule is CC1CNCCN1C(=O)c1cc(Br)cc([N+](=O)[O-])c1. The minimum atomic E-state index is -0.497. The molecule has 7 heteroatoms. The van der Waals surface area contributed by atoms with Crippen molar-refractivity contribution in [2.45, 2.75) is 13.0 Å². The molecular weight excluding hydrogens is 314 g/mol. The number of halogens is 1. The first-order valence-electron chi connectivity index (χ1n) is 5.95. The van der Waals surface area contributed by atoms with Crippen molar-refractivity contribution >= 4 is 27.5 Å². The highest BCUT2D eigenvalue weighted by Crippen LogP contribution is 2.23. The maximum atomic E-state index is 12.4. The van der Waals surface area contributed by atoms with E-state index in [9.17, 15) is 14.9 Å². The Morgan fingerprint density at radius 3 is 2.89 bits per heavy atom. The summed E-state index contributed by atoms with van der Waals surface area (Å²) < 4.78 is 0.535. The lowest BCUT2D eigenvalue weighted by Gasteiger charge is -2.34. The fourth-order valence-corrected chi connectivity index (χ4v) is 2.59. The summed E-state index contributed by atoms with van der Waals surface area (Å²) in [5.41, 5.74) is 0.260. The lowest BCUT2D eigenvalue weighted by Crippen LogP contribution is -2.52. The summed E-state index contributed by atoms with van der Waals surface area (Å²) in [4.78, 5) is 24.5. The Hall–Kier alpha value is -1.47. The summed E-state index contributed by atoms with van der Waals surface area (Å²) in [6.07, 6.45) is 0. The van der Waals surface area contributed by atoms with Gasteiger partial charge < -0.3 is 10.2 Å². The predicted molar refractivity (Wildman–Crippen MR) is 74.2 cm³/mol. The molecule has 1 fully saturated rings. The van der Waals surface area contributed by atoms with Crippen LogP contribution in [0, 0.1) is 10.1 Å². The second-order valence-electron chi connectivity index (χ2n) is 4.51. The van der Waals surface area contributed by atoms with Gasteiger partial charge in [0.2, 0.25) is 0 Å². The van der Waals surface area contributed by atoms with Crippen LogP contribution < -0.4 is 5.32 Å². The number of nitro benzene ring substituents is 1. The van der Waals surface area contributed by atoms with Gasteiger partial charge in [0.1, 0.15) is 0 Å². The first-order valence-corrected chi connectivity index (χ1v) is 6.75. The Morgan fingerprint density at radius 1 is 1.53 bits per heavy atom. The normalized spacial score (nSPS) is 19.3. The third-order valence-electron chi connectivity index (χ3n) is 3.10. The van der Waals surface area contributed by atoms with Crippen LogP contribution in [0.1, 0.15) is 17.3 Å². The van der Waals surface area contributed by atoms with Gasteiger partial charge in [-0.3, -0.25) is 14.9 Å². The molecule has 1 unspecified atom stereocenters. The number of carbonyl (C=O) groups is 1. The average molecular weight is 328 g/mol. The van der Waals surface area contributed by atoms with E-state index in [1.807, 2.05) is 6.92 Å². The number of hydrogen-bond acceptors (Lipinski definition) is 4. The van der Waals surface area contributed by atoms with E-state index in [1.54, 1.807) is 11.0 Å². The van der Waals surface area contributed by atoms with Crippen molar-refractivity contribution in [2.24, 2.45) is 0 Å². The van der Waals surface area contributed by atoms with Crippen molar-refractivity contribution in [3.8, 4) is 0 Å². The van der Waals surface area contributed by atoms with E-state index in [2.05, 4.69) is 21.2 Å². The minimum absolute atomic E-state index is 0.0827. The smallest absolute Gasteiger partial charge is 0.271 e. The monoisotopic (exact) mass is 327 g/mol. The van der Waals surface area contributed by atoms with Crippen LogP contribution in [0.5, 0.6) is 0 Å². The number of nitrogens with zero attached hydrogens (tertiary/aromatic N) is 2. The third-order valence-corrected chi connectivity index (χ3v) is 3.56. The van der Waals surface area contributed by atoms with E-state index in [0.717, 1.165) is 13.1 Å². The second-order valence-corrected chi connectivity index (χ2v) is 5.42. The lowest BCUT2D eigenvalue weighted by atomic mass is 10.1. The molecule has 1 N–H and O–H groups in total. The van der Waals surface area contributed by atoms with Gasteiger partial charge in [0.15, 0.2) is 0 Å². The Morgan fingerprint density at radius 2 is 2.26 bits per heavy atom. The van der Waals surface area contributed by atoms with Crippen molar-refractivity contribution in [3.05, 3.63) is 38.3 Å².